The molecule has 0 saturated heterocycles. The average molecular weight is 141 g/mol. The standard InChI is InChI=1S/C9H17O/c1-4-5-8(2)6-7-9(3)10/h6-10H,3-5H2,1-2H3/b7-6+. The van der Waals surface area contributed by atoms with Gasteiger partial charge < -0.3 is 5.11 Å². The van der Waals surface area contributed by atoms with Crippen LogP contribution in [-0.2, 0) is 0 Å². The van der Waals surface area contributed by atoms with Gasteiger partial charge in [0.05, 0.1) is 6.10 Å². The summed E-state index contributed by atoms with van der Waals surface area (Å²) >= 11 is 0. The molecule has 0 aromatic heterocycles. The number of aliphatic hydroxyl groups is 1. The number of hydrogen-bond acceptors (Lipinski definition) is 1. The molecule has 1 radical (unpaired) electrons. The molecule has 2 unspecified atom stereocenters. The van der Waals surface area contributed by atoms with Crippen molar-refractivity contribution in [3.05, 3.63) is 19.1 Å². The van der Waals surface area contributed by atoms with E-state index in [0.717, 1.165) is 0 Å². The number of aliphatic hydroxyl groups excluding tert-OH is 1. The molecule has 1 N–H and O–H groups in total. The first-order valence-electron chi connectivity index (χ1n) is 3.86. The van der Waals surface area contributed by atoms with Crippen LogP contribution in [0.25, 0.3) is 0 Å². The van der Waals surface area contributed by atoms with Crippen LogP contribution in [0.1, 0.15) is 26.7 Å². The van der Waals surface area contributed by atoms with E-state index < -0.39 is 6.10 Å². The Morgan fingerprint density at radius 3 is 2.50 bits per heavy atom. The van der Waals surface area contributed by atoms with Crippen molar-refractivity contribution < 1.29 is 5.11 Å². The first-order valence-corrected chi connectivity index (χ1v) is 3.86. The lowest BCUT2D eigenvalue weighted by Crippen LogP contribution is -1.95. The van der Waals surface area contributed by atoms with Crippen molar-refractivity contribution in [3.63, 3.8) is 0 Å². The zero-order valence-corrected chi connectivity index (χ0v) is 6.88. The fraction of sp³-hybridized carbons (Fsp3) is 0.667. The van der Waals surface area contributed by atoms with E-state index in [4.69, 9.17) is 5.11 Å². The van der Waals surface area contributed by atoms with E-state index in [0.29, 0.717) is 5.92 Å². The van der Waals surface area contributed by atoms with Crippen molar-refractivity contribution in [2.45, 2.75) is 32.8 Å². The fourth-order valence-corrected chi connectivity index (χ4v) is 0.870. The molecule has 0 fully saturated rings. The Balaban J connectivity index is 3.45. The van der Waals surface area contributed by atoms with E-state index in [1.165, 1.54) is 12.8 Å². The monoisotopic (exact) mass is 141 g/mol. The quantitative estimate of drug-likeness (QED) is 0.595. The molecule has 0 aromatic carbocycles. The second-order valence-corrected chi connectivity index (χ2v) is 2.72. The van der Waals surface area contributed by atoms with E-state index in [1.807, 2.05) is 6.08 Å². The van der Waals surface area contributed by atoms with E-state index in [2.05, 4.69) is 20.8 Å². The predicted molar refractivity (Wildman–Crippen MR) is 44.6 cm³/mol. The summed E-state index contributed by atoms with van der Waals surface area (Å²) in [6, 6.07) is 0. The third kappa shape index (κ3) is 5.83. The molecule has 0 rings (SSSR count). The summed E-state index contributed by atoms with van der Waals surface area (Å²) in [5.41, 5.74) is 0. The van der Waals surface area contributed by atoms with Gasteiger partial charge in [-0.2, -0.15) is 0 Å². The van der Waals surface area contributed by atoms with Crippen LogP contribution in [0.15, 0.2) is 12.2 Å². The highest BCUT2D eigenvalue weighted by atomic mass is 16.3. The molecule has 0 aromatic rings. The minimum Gasteiger partial charge on any atom is -0.389 e. The maximum Gasteiger partial charge on any atom is 0.0722 e. The van der Waals surface area contributed by atoms with E-state index in [1.54, 1.807) is 6.08 Å². The van der Waals surface area contributed by atoms with Crippen LogP contribution in [0.5, 0.6) is 0 Å². The molecule has 0 bridgehead atoms. The highest BCUT2D eigenvalue weighted by molar-refractivity contribution is 4.92. The van der Waals surface area contributed by atoms with Crippen LogP contribution in [0.4, 0.5) is 0 Å². The lowest BCUT2D eigenvalue weighted by Gasteiger charge is -2.02. The molecule has 0 saturated carbocycles. The Kier molecular flexibility index (Phi) is 5.32. The van der Waals surface area contributed by atoms with Gasteiger partial charge in [0.2, 0.25) is 0 Å². The fourth-order valence-electron chi connectivity index (χ4n) is 0.870. The van der Waals surface area contributed by atoms with Crippen LogP contribution >= 0.6 is 0 Å². The maximum atomic E-state index is 8.77. The second kappa shape index (κ2) is 5.48. The smallest absolute Gasteiger partial charge is 0.0722 e. The van der Waals surface area contributed by atoms with Gasteiger partial charge in [-0.15, -0.1) is 0 Å². The molecule has 0 aliphatic rings. The molecular weight excluding hydrogens is 124 g/mol. The Morgan fingerprint density at radius 2 is 2.10 bits per heavy atom. The molecule has 0 heterocycles. The van der Waals surface area contributed by atoms with Gasteiger partial charge in [-0.25, -0.2) is 0 Å². The third-order valence-corrected chi connectivity index (χ3v) is 1.41. The summed E-state index contributed by atoms with van der Waals surface area (Å²) in [5, 5.41) is 8.77. The van der Waals surface area contributed by atoms with Gasteiger partial charge >= 0.3 is 0 Å². The lowest BCUT2D eigenvalue weighted by molar-refractivity contribution is 0.268. The first kappa shape index (κ1) is 9.70. The molecule has 0 aliphatic carbocycles. The zero-order chi connectivity index (χ0) is 7.98. The molecule has 0 spiro atoms. The number of allylic oxidation sites excluding steroid dienone is 1. The summed E-state index contributed by atoms with van der Waals surface area (Å²) in [6.45, 7) is 7.74. The van der Waals surface area contributed by atoms with Gasteiger partial charge in [-0.3, -0.25) is 0 Å². The van der Waals surface area contributed by atoms with Crippen molar-refractivity contribution in [2.75, 3.05) is 0 Å². The zero-order valence-electron chi connectivity index (χ0n) is 6.88. The second-order valence-electron chi connectivity index (χ2n) is 2.72. The van der Waals surface area contributed by atoms with E-state index in [9.17, 15) is 0 Å². The van der Waals surface area contributed by atoms with Crippen LogP contribution < -0.4 is 0 Å². The Hall–Kier alpha value is -0.300. The highest BCUT2D eigenvalue weighted by Crippen LogP contribution is 2.06. The third-order valence-electron chi connectivity index (χ3n) is 1.41. The van der Waals surface area contributed by atoms with Crippen molar-refractivity contribution in [1.82, 2.24) is 0 Å². The summed E-state index contributed by atoms with van der Waals surface area (Å²) < 4.78 is 0. The lowest BCUT2D eigenvalue weighted by atomic mass is 10.1. The molecule has 0 aliphatic heterocycles. The Bertz CT molecular complexity index is 94.9. The van der Waals surface area contributed by atoms with Gasteiger partial charge in [0.25, 0.3) is 0 Å². The molecule has 2 atom stereocenters. The van der Waals surface area contributed by atoms with Crippen molar-refractivity contribution in [1.29, 1.82) is 0 Å². The van der Waals surface area contributed by atoms with Gasteiger partial charge in [0, 0.05) is 0 Å². The van der Waals surface area contributed by atoms with Crippen LogP contribution in [0, 0.1) is 12.8 Å². The predicted octanol–water partition coefficient (Wildman–Crippen LogP) is 2.17. The summed E-state index contributed by atoms with van der Waals surface area (Å²) in [5.74, 6) is 0.571. The van der Waals surface area contributed by atoms with Crippen LogP contribution in [0.2, 0.25) is 0 Å². The number of rotatable bonds is 4. The highest BCUT2D eigenvalue weighted by Gasteiger charge is 1.94. The molecule has 10 heavy (non-hydrogen) atoms. The SMILES string of the molecule is [CH2]C(O)/C=C/C(C)CCC. The normalized spacial score (nSPS) is 17.6. The topological polar surface area (TPSA) is 20.2 Å². The van der Waals surface area contributed by atoms with Crippen molar-refractivity contribution >= 4 is 0 Å². The van der Waals surface area contributed by atoms with Crippen molar-refractivity contribution in [3.8, 4) is 0 Å². The summed E-state index contributed by atoms with van der Waals surface area (Å²) in [7, 11) is 0. The molecule has 1 heteroatoms. The van der Waals surface area contributed by atoms with Gasteiger partial charge in [-0.1, -0.05) is 32.4 Å². The molecule has 0 amide bonds. The Labute approximate surface area is 63.8 Å². The van der Waals surface area contributed by atoms with E-state index >= 15 is 0 Å². The van der Waals surface area contributed by atoms with Crippen LogP contribution in [-0.4, -0.2) is 11.2 Å². The minimum absolute atomic E-state index is 0.542. The molecule has 59 valence electrons. The van der Waals surface area contributed by atoms with Gasteiger partial charge in [0.15, 0.2) is 0 Å². The molecular formula is C9H17O. The summed E-state index contributed by atoms with van der Waals surface area (Å²) in [4.78, 5) is 0. The van der Waals surface area contributed by atoms with Crippen molar-refractivity contribution in [2.24, 2.45) is 5.92 Å². The van der Waals surface area contributed by atoms with E-state index in [-0.39, 0.29) is 0 Å². The maximum absolute atomic E-state index is 8.77. The largest absolute Gasteiger partial charge is 0.389 e. The van der Waals surface area contributed by atoms with Gasteiger partial charge in [-0.05, 0) is 19.3 Å². The van der Waals surface area contributed by atoms with Gasteiger partial charge in [0.1, 0.15) is 0 Å². The van der Waals surface area contributed by atoms with Crippen LogP contribution in [0.3, 0.4) is 0 Å². The molecule has 1 nitrogen and oxygen atoms in total. The Morgan fingerprint density at radius 1 is 1.50 bits per heavy atom. The first-order chi connectivity index (χ1) is 4.66. The summed E-state index contributed by atoms with van der Waals surface area (Å²) in [6.07, 6.45) is 5.59. The minimum atomic E-state index is -0.542. The number of hydrogen-bond donors (Lipinski definition) is 1. The average Bonchev–Trinajstić information content (AvgIpc) is 1.85.